The summed E-state index contributed by atoms with van der Waals surface area (Å²) in [5.74, 6) is -0.397. The molecule has 0 atom stereocenters. The van der Waals surface area contributed by atoms with Gasteiger partial charge >= 0.3 is 0 Å². The van der Waals surface area contributed by atoms with Crippen LogP contribution in [0.3, 0.4) is 0 Å². The molecule has 0 amide bonds. The summed E-state index contributed by atoms with van der Waals surface area (Å²) in [4.78, 5) is 7.69. The first-order chi connectivity index (χ1) is 13.4. The minimum Gasteiger partial charge on any atom is -0.495 e. The van der Waals surface area contributed by atoms with Crippen molar-refractivity contribution in [2.75, 3.05) is 7.11 Å². The summed E-state index contributed by atoms with van der Waals surface area (Å²) in [6.45, 7) is 0. The number of nitrogens with one attached hydrogen (secondary N) is 1. The number of nitrogens with zero attached hydrogens (tertiary/aromatic N) is 3. The molecule has 8 nitrogen and oxygen atoms in total. The lowest BCUT2D eigenvalue weighted by atomic mass is 9.94. The highest BCUT2D eigenvalue weighted by Crippen LogP contribution is 2.28. The lowest BCUT2D eigenvalue weighted by molar-refractivity contribution is 0.137. The summed E-state index contributed by atoms with van der Waals surface area (Å²) in [6, 6.07) is 4.97. The third-order valence-corrected chi connectivity index (χ3v) is 6.00. The maximum atomic E-state index is 13.5. The molecule has 1 N–H and O–H groups in total. The molecule has 0 bridgehead atoms. The Bertz CT molecular complexity index is 985. The number of nitriles is 1. The van der Waals surface area contributed by atoms with Crippen LogP contribution >= 0.6 is 0 Å². The molecular formula is C18H19FN4O4S. The third kappa shape index (κ3) is 4.55. The van der Waals surface area contributed by atoms with Gasteiger partial charge in [-0.2, -0.15) is 5.26 Å². The van der Waals surface area contributed by atoms with Gasteiger partial charge in [0.2, 0.25) is 15.7 Å². The Morgan fingerprint density at radius 2 is 1.93 bits per heavy atom. The minimum atomic E-state index is -3.93. The van der Waals surface area contributed by atoms with Crippen LogP contribution in [0.25, 0.3) is 0 Å². The van der Waals surface area contributed by atoms with Crippen LogP contribution in [0.5, 0.6) is 11.6 Å². The van der Waals surface area contributed by atoms with Crippen LogP contribution in [0.15, 0.2) is 35.5 Å². The molecule has 0 radical (unpaired) electrons. The SMILES string of the molecule is COc1ccc(F)cc1S(=O)(=O)NC1CCC(Oc2nccnc2C#N)CC1. The zero-order chi connectivity index (χ0) is 20.1. The maximum absolute atomic E-state index is 13.5. The predicted molar refractivity (Wildman–Crippen MR) is 96.7 cm³/mol. The fraction of sp³-hybridized carbons (Fsp3) is 0.389. The molecule has 1 aliphatic carbocycles. The number of rotatable bonds is 6. The van der Waals surface area contributed by atoms with E-state index < -0.39 is 15.8 Å². The zero-order valence-corrected chi connectivity index (χ0v) is 15.9. The van der Waals surface area contributed by atoms with Gasteiger partial charge in [0.15, 0.2) is 0 Å². The summed E-state index contributed by atoms with van der Waals surface area (Å²) in [5.41, 5.74) is 0.114. The first kappa shape index (κ1) is 20.0. The van der Waals surface area contributed by atoms with Gasteiger partial charge in [-0.3, -0.25) is 0 Å². The second kappa shape index (κ2) is 8.50. The van der Waals surface area contributed by atoms with Crippen molar-refractivity contribution in [2.45, 2.75) is 42.7 Å². The molecule has 0 aliphatic heterocycles. The fourth-order valence-corrected chi connectivity index (χ4v) is 4.57. The Hall–Kier alpha value is -2.77. The van der Waals surface area contributed by atoms with Gasteiger partial charge in [-0.15, -0.1) is 0 Å². The van der Waals surface area contributed by atoms with Gasteiger partial charge in [0.1, 0.15) is 28.6 Å². The van der Waals surface area contributed by atoms with Crippen LogP contribution < -0.4 is 14.2 Å². The van der Waals surface area contributed by atoms with Crippen molar-refractivity contribution >= 4 is 10.0 Å². The number of sulfonamides is 1. The van der Waals surface area contributed by atoms with Crippen molar-refractivity contribution in [3.63, 3.8) is 0 Å². The number of benzene rings is 1. The fourth-order valence-electron chi connectivity index (χ4n) is 3.09. The predicted octanol–water partition coefficient (Wildman–Crippen LogP) is 2.16. The van der Waals surface area contributed by atoms with Gasteiger partial charge < -0.3 is 9.47 Å². The van der Waals surface area contributed by atoms with Crippen LogP contribution in [0.1, 0.15) is 31.4 Å². The van der Waals surface area contributed by atoms with Crippen LogP contribution in [-0.4, -0.2) is 37.6 Å². The number of ether oxygens (including phenoxy) is 2. The molecule has 0 spiro atoms. The highest BCUT2D eigenvalue weighted by molar-refractivity contribution is 7.89. The molecule has 0 unspecified atom stereocenters. The Labute approximate surface area is 162 Å². The van der Waals surface area contributed by atoms with Gasteiger partial charge in [0, 0.05) is 18.4 Å². The lowest BCUT2D eigenvalue weighted by Crippen LogP contribution is -2.39. The summed E-state index contributed by atoms with van der Waals surface area (Å²) < 4.78 is 52.2. The van der Waals surface area contributed by atoms with E-state index in [4.69, 9.17) is 14.7 Å². The van der Waals surface area contributed by atoms with E-state index in [0.717, 1.165) is 12.1 Å². The quantitative estimate of drug-likeness (QED) is 0.782. The van der Waals surface area contributed by atoms with Gasteiger partial charge in [-0.1, -0.05) is 0 Å². The zero-order valence-electron chi connectivity index (χ0n) is 15.1. The second-order valence-corrected chi connectivity index (χ2v) is 8.01. The van der Waals surface area contributed by atoms with Crippen LogP contribution in [0.2, 0.25) is 0 Å². The molecule has 148 valence electrons. The Morgan fingerprint density at radius 3 is 2.61 bits per heavy atom. The summed E-state index contributed by atoms with van der Waals surface area (Å²) in [6.07, 6.45) is 4.89. The van der Waals surface area contributed by atoms with Crippen molar-refractivity contribution in [3.05, 3.63) is 42.1 Å². The smallest absolute Gasteiger partial charge is 0.251 e. The Morgan fingerprint density at radius 1 is 1.21 bits per heavy atom. The average Bonchev–Trinajstić information content (AvgIpc) is 2.69. The van der Waals surface area contributed by atoms with Crippen molar-refractivity contribution in [1.29, 1.82) is 5.26 Å². The standard InChI is InChI=1S/C18H19FN4O4S/c1-26-16-7-2-12(19)10-17(16)28(24,25)23-13-3-5-14(6-4-13)27-18-15(11-20)21-8-9-22-18/h2,7-10,13-14,23H,3-6H2,1H3. The number of methoxy groups -OCH3 is 1. The highest BCUT2D eigenvalue weighted by atomic mass is 32.2. The molecule has 2 aromatic rings. The summed E-state index contributed by atoms with van der Waals surface area (Å²) in [5, 5.41) is 9.04. The maximum Gasteiger partial charge on any atom is 0.251 e. The Kier molecular flexibility index (Phi) is 6.06. The van der Waals surface area contributed by atoms with E-state index in [2.05, 4.69) is 14.7 Å². The van der Waals surface area contributed by atoms with Crippen molar-refractivity contribution in [2.24, 2.45) is 0 Å². The van der Waals surface area contributed by atoms with E-state index in [9.17, 15) is 12.8 Å². The number of aromatic nitrogens is 2. The van der Waals surface area contributed by atoms with Crippen molar-refractivity contribution < 1.29 is 22.3 Å². The molecule has 1 aliphatic rings. The van der Waals surface area contributed by atoms with E-state index in [1.807, 2.05) is 6.07 Å². The molecule has 1 aromatic heterocycles. The molecular weight excluding hydrogens is 387 g/mol. The van der Waals surface area contributed by atoms with Crippen molar-refractivity contribution in [3.8, 4) is 17.7 Å². The van der Waals surface area contributed by atoms with E-state index in [1.165, 1.54) is 25.6 Å². The van der Waals surface area contributed by atoms with Gasteiger partial charge in [0.25, 0.3) is 5.88 Å². The molecule has 28 heavy (non-hydrogen) atoms. The van der Waals surface area contributed by atoms with E-state index >= 15 is 0 Å². The lowest BCUT2D eigenvalue weighted by Gasteiger charge is -2.29. The number of hydrogen-bond donors (Lipinski definition) is 1. The second-order valence-electron chi connectivity index (χ2n) is 6.33. The molecule has 1 saturated carbocycles. The van der Waals surface area contributed by atoms with Crippen LogP contribution in [-0.2, 0) is 10.0 Å². The largest absolute Gasteiger partial charge is 0.495 e. The highest BCUT2D eigenvalue weighted by Gasteiger charge is 2.29. The number of hydrogen-bond acceptors (Lipinski definition) is 7. The van der Waals surface area contributed by atoms with Gasteiger partial charge in [-0.25, -0.2) is 27.5 Å². The van der Waals surface area contributed by atoms with E-state index in [1.54, 1.807) is 0 Å². The first-order valence-corrected chi connectivity index (χ1v) is 10.1. The number of halogens is 1. The molecule has 1 heterocycles. The topological polar surface area (TPSA) is 114 Å². The van der Waals surface area contributed by atoms with Crippen molar-refractivity contribution in [1.82, 2.24) is 14.7 Å². The average molecular weight is 406 g/mol. The van der Waals surface area contributed by atoms with Crippen LogP contribution in [0, 0.1) is 17.1 Å². The minimum absolute atomic E-state index is 0.0811. The molecule has 1 aromatic carbocycles. The monoisotopic (exact) mass is 406 g/mol. The summed E-state index contributed by atoms with van der Waals surface area (Å²) >= 11 is 0. The third-order valence-electron chi connectivity index (χ3n) is 4.46. The van der Waals surface area contributed by atoms with E-state index in [0.29, 0.717) is 25.7 Å². The van der Waals surface area contributed by atoms with Crippen LogP contribution in [0.4, 0.5) is 4.39 Å². The molecule has 3 rings (SSSR count). The van der Waals surface area contributed by atoms with Gasteiger partial charge in [-0.05, 0) is 43.9 Å². The van der Waals surface area contributed by atoms with Gasteiger partial charge in [0.05, 0.1) is 7.11 Å². The molecule has 0 saturated heterocycles. The summed E-state index contributed by atoms with van der Waals surface area (Å²) in [7, 11) is -2.60. The molecule has 10 heteroatoms. The van der Waals surface area contributed by atoms with E-state index in [-0.39, 0.29) is 34.4 Å². The molecule has 1 fully saturated rings. The first-order valence-electron chi connectivity index (χ1n) is 8.66. The normalized spacial score (nSPS) is 19.6. The Balaban J connectivity index is 1.63.